The van der Waals surface area contributed by atoms with E-state index in [1.165, 1.54) is 11.1 Å². The molecule has 1 aliphatic rings. The maximum atomic E-state index is 11.7. The van der Waals surface area contributed by atoms with Crippen LogP contribution in [-0.2, 0) is 17.8 Å². The molecule has 1 unspecified atom stereocenters. The number of carbonyl (C=O) groups is 1. The van der Waals surface area contributed by atoms with Gasteiger partial charge in [-0.1, -0.05) is 31.2 Å². The molecule has 1 saturated heterocycles. The predicted octanol–water partition coefficient (Wildman–Crippen LogP) is 2.12. The fourth-order valence-corrected chi connectivity index (χ4v) is 2.27. The Morgan fingerprint density at radius 1 is 1.41 bits per heavy atom. The van der Waals surface area contributed by atoms with Gasteiger partial charge in [-0.25, -0.2) is 0 Å². The van der Waals surface area contributed by atoms with E-state index in [1.807, 2.05) is 12.1 Å². The summed E-state index contributed by atoms with van der Waals surface area (Å²) in [5, 5.41) is 8.84. The molecule has 0 radical (unpaired) electrons. The Kier molecular flexibility index (Phi) is 3.43. The molecule has 0 N–H and O–H groups in total. The lowest BCUT2D eigenvalue weighted by molar-refractivity contribution is -0.128. The fourth-order valence-electron chi connectivity index (χ4n) is 2.27. The van der Waals surface area contributed by atoms with Crippen molar-refractivity contribution in [1.29, 1.82) is 5.26 Å². The van der Waals surface area contributed by atoms with E-state index >= 15 is 0 Å². The Morgan fingerprint density at radius 3 is 2.71 bits per heavy atom. The van der Waals surface area contributed by atoms with Gasteiger partial charge in [0.1, 0.15) is 0 Å². The molecular weight excluding hydrogens is 212 g/mol. The first kappa shape index (κ1) is 11.7. The molecule has 88 valence electrons. The summed E-state index contributed by atoms with van der Waals surface area (Å²) < 4.78 is 0. The zero-order chi connectivity index (χ0) is 12.3. The van der Waals surface area contributed by atoms with Gasteiger partial charge in [0.05, 0.1) is 12.0 Å². The van der Waals surface area contributed by atoms with Crippen molar-refractivity contribution in [3.63, 3.8) is 0 Å². The summed E-state index contributed by atoms with van der Waals surface area (Å²) in [5.74, 6) is -0.0289. The van der Waals surface area contributed by atoms with Crippen LogP contribution in [0.5, 0.6) is 0 Å². The quantitative estimate of drug-likeness (QED) is 0.795. The number of aryl methyl sites for hydroxylation is 1. The lowest BCUT2D eigenvalue weighted by atomic mass is 10.1. The van der Waals surface area contributed by atoms with E-state index < -0.39 is 0 Å². The summed E-state index contributed by atoms with van der Waals surface area (Å²) in [6.07, 6.45) is 1.35. The molecule has 0 spiro atoms. The van der Waals surface area contributed by atoms with Gasteiger partial charge in [0, 0.05) is 19.5 Å². The van der Waals surface area contributed by atoms with E-state index in [4.69, 9.17) is 5.26 Å². The Labute approximate surface area is 102 Å². The maximum Gasteiger partial charge on any atom is 0.224 e. The molecule has 3 heteroatoms. The Balaban J connectivity index is 2.11. The van der Waals surface area contributed by atoms with Crippen LogP contribution in [0, 0.1) is 17.2 Å². The Bertz CT molecular complexity index is 462. The molecule has 1 aromatic carbocycles. The van der Waals surface area contributed by atoms with Gasteiger partial charge >= 0.3 is 0 Å². The average Bonchev–Trinajstić information content (AvgIpc) is 2.71. The van der Waals surface area contributed by atoms with E-state index in [0.29, 0.717) is 19.5 Å². The van der Waals surface area contributed by atoms with Gasteiger partial charge in [-0.3, -0.25) is 4.79 Å². The number of hydrogen-bond acceptors (Lipinski definition) is 2. The summed E-state index contributed by atoms with van der Waals surface area (Å²) in [4.78, 5) is 13.5. The number of rotatable bonds is 3. The standard InChI is InChI=1S/C14H16N2O/c1-2-12-5-3-4-6-13(12)10-16-9-11(8-15)7-14(16)17/h3-6,11H,2,7,9-10H2,1H3. The molecule has 1 amide bonds. The van der Waals surface area contributed by atoms with Gasteiger partial charge in [-0.05, 0) is 17.5 Å². The van der Waals surface area contributed by atoms with Gasteiger partial charge in [-0.15, -0.1) is 0 Å². The lowest BCUT2D eigenvalue weighted by Crippen LogP contribution is -2.25. The minimum absolute atomic E-state index is 0.0995. The molecule has 1 aliphatic heterocycles. The van der Waals surface area contributed by atoms with Crippen molar-refractivity contribution in [2.75, 3.05) is 6.54 Å². The number of benzene rings is 1. The van der Waals surface area contributed by atoms with Crippen LogP contribution in [0.4, 0.5) is 0 Å². The largest absolute Gasteiger partial charge is 0.337 e. The third kappa shape index (κ3) is 2.47. The van der Waals surface area contributed by atoms with E-state index in [0.717, 1.165) is 6.42 Å². The van der Waals surface area contributed by atoms with Crippen LogP contribution in [0.15, 0.2) is 24.3 Å². The number of likely N-dealkylation sites (tertiary alicyclic amines) is 1. The fraction of sp³-hybridized carbons (Fsp3) is 0.429. The maximum absolute atomic E-state index is 11.7. The minimum atomic E-state index is -0.128. The van der Waals surface area contributed by atoms with Crippen LogP contribution in [0.3, 0.4) is 0 Å². The second kappa shape index (κ2) is 5.01. The molecule has 1 fully saturated rings. The van der Waals surface area contributed by atoms with Crippen molar-refractivity contribution in [3.05, 3.63) is 35.4 Å². The number of nitrogens with zero attached hydrogens (tertiary/aromatic N) is 2. The third-order valence-electron chi connectivity index (χ3n) is 3.26. The molecule has 2 rings (SSSR count). The van der Waals surface area contributed by atoms with Crippen molar-refractivity contribution in [1.82, 2.24) is 4.90 Å². The van der Waals surface area contributed by atoms with Gasteiger partial charge in [0.25, 0.3) is 0 Å². The predicted molar refractivity (Wildman–Crippen MR) is 65.0 cm³/mol. The monoisotopic (exact) mass is 228 g/mol. The molecule has 1 atom stereocenters. The normalized spacial score (nSPS) is 19.4. The molecule has 0 bridgehead atoms. The highest BCUT2D eigenvalue weighted by molar-refractivity contribution is 5.79. The number of hydrogen-bond donors (Lipinski definition) is 0. The molecule has 1 aromatic rings. The van der Waals surface area contributed by atoms with Crippen molar-refractivity contribution in [2.24, 2.45) is 5.92 Å². The molecule has 0 aromatic heterocycles. The highest BCUT2D eigenvalue weighted by Crippen LogP contribution is 2.21. The van der Waals surface area contributed by atoms with Gasteiger partial charge < -0.3 is 4.90 Å². The highest BCUT2D eigenvalue weighted by Gasteiger charge is 2.29. The molecular formula is C14H16N2O. The van der Waals surface area contributed by atoms with Gasteiger partial charge in [0.15, 0.2) is 0 Å². The number of nitriles is 1. The molecule has 1 heterocycles. The van der Waals surface area contributed by atoms with E-state index in [9.17, 15) is 4.79 Å². The van der Waals surface area contributed by atoms with Crippen LogP contribution in [-0.4, -0.2) is 17.4 Å². The van der Waals surface area contributed by atoms with Gasteiger partial charge in [0.2, 0.25) is 5.91 Å². The summed E-state index contributed by atoms with van der Waals surface area (Å²) in [5.41, 5.74) is 2.47. The average molecular weight is 228 g/mol. The molecule has 0 aliphatic carbocycles. The summed E-state index contributed by atoms with van der Waals surface area (Å²) >= 11 is 0. The first-order valence-electron chi connectivity index (χ1n) is 5.98. The van der Waals surface area contributed by atoms with E-state index in [2.05, 4.69) is 25.1 Å². The summed E-state index contributed by atoms with van der Waals surface area (Å²) in [7, 11) is 0. The van der Waals surface area contributed by atoms with Crippen molar-refractivity contribution in [2.45, 2.75) is 26.3 Å². The lowest BCUT2D eigenvalue weighted by Gasteiger charge is -2.17. The minimum Gasteiger partial charge on any atom is -0.337 e. The zero-order valence-electron chi connectivity index (χ0n) is 10.0. The van der Waals surface area contributed by atoms with Crippen LogP contribution < -0.4 is 0 Å². The topological polar surface area (TPSA) is 44.1 Å². The Morgan fingerprint density at radius 2 is 2.12 bits per heavy atom. The Hall–Kier alpha value is -1.82. The van der Waals surface area contributed by atoms with Crippen molar-refractivity contribution < 1.29 is 4.79 Å². The van der Waals surface area contributed by atoms with Gasteiger partial charge in [-0.2, -0.15) is 5.26 Å². The number of amides is 1. The summed E-state index contributed by atoms with van der Waals surface area (Å²) in [6.45, 7) is 3.33. The second-order valence-corrected chi connectivity index (χ2v) is 4.43. The zero-order valence-corrected chi connectivity index (χ0v) is 10.0. The van der Waals surface area contributed by atoms with Crippen LogP contribution in [0.25, 0.3) is 0 Å². The van der Waals surface area contributed by atoms with Crippen molar-refractivity contribution >= 4 is 5.91 Å². The van der Waals surface area contributed by atoms with Crippen LogP contribution in [0.2, 0.25) is 0 Å². The third-order valence-corrected chi connectivity index (χ3v) is 3.26. The first-order chi connectivity index (χ1) is 8.24. The van der Waals surface area contributed by atoms with E-state index in [-0.39, 0.29) is 11.8 Å². The smallest absolute Gasteiger partial charge is 0.224 e. The van der Waals surface area contributed by atoms with E-state index in [1.54, 1.807) is 4.90 Å². The first-order valence-corrected chi connectivity index (χ1v) is 5.98. The van der Waals surface area contributed by atoms with Crippen LogP contribution in [0.1, 0.15) is 24.5 Å². The molecule has 3 nitrogen and oxygen atoms in total. The highest BCUT2D eigenvalue weighted by atomic mass is 16.2. The second-order valence-electron chi connectivity index (χ2n) is 4.43. The molecule has 17 heavy (non-hydrogen) atoms. The summed E-state index contributed by atoms with van der Waals surface area (Å²) in [6, 6.07) is 10.3. The molecule has 0 saturated carbocycles. The SMILES string of the molecule is CCc1ccccc1CN1CC(C#N)CC1=O. The van der Waals surface area contributed by atoms with Crippen molar-refractivity contribution in [3.8, 4) is 6.07 Å². The van der Waals surface area contributed by atoms with Crippen LogP contribution >= 0.6 is 0 Å². The number of carbonyl (C=O) groups excluding carboxylic acids is 1.